The Hall–Kier alpha value is -1.18. The number of aliphatic hydroxyl groups is 1. The molecule has 1 N–H and O–H groups in total. The SMILES string of the molecule is CCCCC(CC)CN=C1C=C(C(C#N)C(O)OCC)CC(C)(C)C1. The highest BCUT2D eigenvalue weighted by Crippen LogP contribution is 2.38. The molecule has 4 heteroatoms. The van der Waals surface area contributed by atoms with Crippen LogP contribution in [0.4, 0.5) is 0 Å². The van der Waals surface area contributed by atoms with E-state index in [1.807, 2.05) is 13.0 Å². The molecule has 0 saturated carbocycles. The summed E-state index contributed by atoms with van der Waals surface area (Å²) in [4.78, 5) is 4.88. The topological polar surface area (TPSA) is 65.6 Å². The van der Waals surface area contributed by atoms with E-state index in [4.69, 9.17) is 9.73 Å². The van der Waals surface area contributed by atoms with Crippen molar-refractivity contribution in [2.75, 3.05) is 13.2 Å². The van der Waals surface area contributed by atoms with Crippen molar-refractivity contribution in [3.05, 3.63) is 11.6 Å². The fourth-order valence-corrected chi connectivity index (χ4v) is 3.48. The normalized spacial score (nSPS) is 22.1. The first-order chi connectivity index (χ1) is 11.9. The second kappa shape index (κ2) is 10.7. The fraction of sp³-hybridized carbons (Fsp3) is 0.810. The minimum Gasteiger partial charge on any atom is -0.367 e. The molecule has 0 fully saturated rings. The maximum Gasteiger partial charge on any atom is 0.174 e. The smallest absolute Gasteiger partial charge is 0.174 e. The number of ether oxygens (including phenoxy) is 1. The highest BCUT2D eigenvalue weighted by molar-refractivity contribution is 5.97. The molecular formula is C21H36N2O2. The summed E-state index contributed by atoms with van der Waals surface area (Å²) in [6, 6.07) is 2.22. The zero-order chi connectivity index (χ0) is 18.9. The Morgan fingerprint density at radius 1 is 1.32 bits per heavy atom. The van der Waals surface area contributed by atoms with Crippen molar-refractivity contribution in [2.45, 2.75) is 79.4 Å². The summed E-state index contributed by atoms with van der Waals surface area (Å²) < 4.78 is 5.26. The predicted octanol–water partition coefficient (Wildman–Crippen LogP) is 4.88. The van der Waals surface area contributed by atoms with Gasteiger partial charge in [0.1, 0.15) is 5.92 Å². The molecule has 0 aromatic rings. The molecule has 0 amide bonds. The van der Waals surface area contributed by atoms with E-state index in [-0.39, 0.29) is 5.41 Å². The van der Waals surface area contributed by atoms with Gasteiger partial charge in [-0.15, -0.1) is 0 Å². The van der Waals surface area contributed by atoms with Crippen molar-refractivity contribution in [3.63, 3.8) is 0 Å². The van der Waals surface area contributed by atoms with Gasteiger partial charge in [-0.2, -0.15) is 5.26 Å². The van der Waals surface area contributed by atoms with E-state index in [1.54, 1.807) is 0 Å². The summed E-state index contributed by atoms with van der Waals surface area (Å²) in [5.74, 6) is 0.0157. The molecule has 0 aliphatic heterocycles. The number of hydrogen-bond acceptors (Lipinski definition) is 4. The quantitative estimate of drug-likeness (QED) is 0.572. The van der Waals surface area contributed by atoms with Gasteiger partial charge in [0.15, 0.2) is 6.29 Å². The third-order valence-corrected chi connectivity index (χ3v) is 4.95. The number of aliphatic hydroxyl groups excluding tert-OH is 1. The summed E-state index contributed by atoms with van der Waals surface area (Å²) in [7, 11) is 0. The standard InChI is InChI=1S/C21H36N2O2/c1-6-9-10-16(7-2)15-23-18-11-17(12-21(4,5)13-18)19(14-22)20(24)25-8-3/h11,16,19-20,24H,6-10,12-13,15H2,1-5H3. The van der Waals surface area contributed by atoms with E-state index < -0.39 is 12.2 Å². The highest BCUT2D eigenvalue weighted by atomic mass is 16.6. The monoisotopic (exact) mass is 348 g/mol. The lowest BCUT2D eigenvalue weighted by Gasteiger charge is -2.33. The molecule has 0 heterocycles. The predicted molar refractivity (Wildman–Crippen MR) is 103 cm³/mol. The van der Waals surface area contributed by atoms with E-state index in [0.717, 1.165) is 37.1 Å². The third kappa shape index (κ3) is 7.30. The van der Waals surface area contributed by atoms with Crippen LogP contribution < -0.4 is 0 Å². The Morgan fingerprint density at radius 2 is 2.04 bits per heavy atom. The first-order valence-electron chi connectivity index (χ1n) is 9.79. The number of allylic oxidation sites excluding steroid dienone is 1. The van der Waals surface area contributed by atoms with Gasteiger partial charge in [-0.1, -0.05) is 47.0 Å². The van der Waals surface area contributed by atoms with E-state index in [0.29, 0.717) is 12.5 Å². The maximum absolute atomic E-state index is 10.1. The lowest BCUT2D eigenvalue weighted by atomic mass is 9.73. The first-order valence-corrected chi connectivity index (χ1v) is 9.79. The fourth-order valence-electron chi connectivity index (χ4n) is 3.48. The Balaban J connectivity index is 2.94. The summed E-state index contributed by atoms with van der Waals surface area (Å²) in [6.07, 6.45) is 7.55. The van der Waals surface area contributed by atoms with E-state index in [2.05, 4.69) is 33.8 Å². The molecule has 25 heavy (non-hydrogen) atoms. The van der Waals surface area contributed by atoms with Crippen molar-refractivity contribution in [2.24, 2.45) is 22.2 Å². The minimum atomic E-state index is -1.07. The summed E-state index contributed by atoms with van der Waals surface area (Å²) in [5.41, 5.74) is 2.06. The van der Waals surface area contributed by atoms with Crippen molar-refractivity contribution in [1.82, 2.24) is 0 Å². The molecule has 0 aromatic heterocycles. The van der Waals surface area contributed by atoms with E-state index in [1.165, 1.54) is 19.3 Å². The second-order valence-corrected chi connectivity index (χ2v) is 7.94. The summed E-state index contributed by atoms with van der Waals surface area (Å²) in [6.45, 7) is 11.9. The average molecular weight is 349 g/mol. The van der Waals surface area contributed by atoms with E-state index in [9.17, 15) is 10.4 Å². The number of aliphatic imine (C=N–C) groups is 1. The van der Waals surface area contributed by atoms with Gasteiger partial charge in [0, 0.05) is 18.9 Å². The van der Waals surface area contributed by atoms with Crippen LogP contribution in [0.15, 0.2) is 16.6 Å². The van der Waals surface area contributed by atoms with Gasteiger partial charge >= 0.3 is 0 Å². The van der Waals surface area contributed by atoms with Gasteiger partial charge < -0.3 is 9.84 Å². The molecule has 0 saturated heterocycles. The molecule has 0 aromatic carbocycles. The Labute approximate surface area is 154 Å². The zero-order valence-electron chi connectivity index (χ0n) is 16.7. The molecule has 1 aliphatic rings. The Bertz CT molecular complexity index is 503. The van der Waals surface area contributed by atoms with Gasteiger partial charge in [-0.05, 0) is 49.2 Å². The molecule has 1 aliphatic carbocycles. The van der Waals surface area contributed by atoms with Crippen molar-refractivity contribution in [1.29, 1.82) is 5.26 Å². The largest absolute Gasteiger partial charge is 0.367 e. The van der Waals surface area contributed by atoms with Crippen LogP contribution >= 0.6 is 0 Å². The Morgan fingerprint density at radius 3 is 2.60 bits per heavy atom. The summed E-state index contributed by atoms with van der Waals surface area (Å²) >= 11 is 0. The second-order valence-electron chi connectivity index (χ2n) is 7.94. The van der Waals surface area contributed by atoms with E-state index >= 15 is 0 Å². The molecule has 142 valence electrons. The minimum absolute atomic E-state index is 0.0507. The number of nitriles is 1. The van der Waals surface area contributed by atoms with Crippen LogP contribution in [0.25, 0.3) is 0 Å². The molecule has 0 radical (unpaired) electrons. The van der Waals surface area contributed by atoms with Gasteiger partial charge in [0.05, 0.1) is 6.07 Å². The Kier molecular flexibility index (Phi) is 9.38. The molecular weight excluding hydrogens is 312 g/mol. The molecule has 0 spiro atoms. The lowest BCUT2D eigenvalue weighted by molar-refractivity contribution is -0.111. The van der Waals surface area contributed by atoms with Crippen LogP contribution in [0.3, 0.4) is 0 Å². The highest BCUT2D eigenvalue weighted by Gasteiger charge is 2.33. The van der Waals surface area contributed by atoms with Crippen LogP contribution in [-0.4, -0.2) is 30.3 Å². The lowest BCUT2D eigenvalue weighted by Crippen LogP contribution is -2.31. The van der Waals surface area contributed by atoms with Gasteiger partial charge in [-0.25, -0.2) is 0 Å². The summed E-state index contributed by atoms with van der Waals surface area (Å²) in [5, 5.41) is 19.7. The third-order valence-electron chi connectivity index (χ3n) is 4.95. The van der Waals surface area contributed by atoms with Crippen LogP contribution in [0.2, 0.25) is 0 Å². The molecule has 4 nitrogen and oxygen atoms in total. The van der Waals surface area contributed by atoms with Crippen LogP contribution in [0.5, 0.6) is 0 Å². The maximum atomic E-state index is 10.1. The molecule has 3 unspecified atom stereocenters. The zero-order valence-corrected chi connectivity index (χ0v) is 16.7. The number of unbranched alkanes of at least 4 members (excludes halogenated alkanes) is 1. The van der Waals surface area contributed by atoms with Crippen LogP contribution in [-0.2, 0) is 4.74 Å². The molecule has 3 atom stereocenters. The molecule has 0 bridgehead atoms. The van der Waals surface area contributed by atoms with Gasteiger partial charge in [-0.3, -0.25) is 4.99 Å². The van der Waals surface area contributed by atoms with Crippen LogP contribution in [0.1, 0.15) is 73.1 Å². The van der Waals surface area contributed by atoms with Crippen molar-refractivity contribution >= 4 is 5.71 Å². The van der Waals surface area contributed by atoms with Crippen molar-refractivity contribution in [3.8, 4) is 6.07 Å². The number of rotatable bonds is 10. The molecule has 1 rings (SSSR count). The first kappa shape index (κ1) is 21.9. The van der Waals surface area contributed by atoms with Gasteiger partial charge in [0.25, 0.3) is 0 Å². The average Bonchev–Trinajstić information content (AvgIpc) is 2.54. The van der Waals surface area contributed by atoms with Crippen LogP contribution in [0, 0.1) is 28.6 Å². The number of hydrogen-bond donors (Lipinski definition) is 1. The number of nitrogens with zero attached hydrogens (tertiary/aromatic N) is 2. The van der Waals surface area contributed by atoms with Gasteiger partial charge in [0.2, 0.25) is 0 Å². The van der Waals surface area contributed by atoms with Crippen molar-refractivity contribution < 1.29 is 9.84 Å².